The SMILES string of the molecule is Cc1ccc(/C=C2\SC(=O)N(CCNC(=O)c3cccc(F)c3)C2=O)cc1. The fourth-order valence-electron chi connectivity index (χ4n) is 2.52. The maximum absolute atomic E-state index is 13.2. The van der Waals surface area contributed by atoms with Gasteiger partial charge in [0.2, 0.25) is 0 Å². The summed E-state index contributed by atoms with van der Waals surface area (Å²) in [5.41, 5.74) is 2.13. The maximum Gasteiger partial charge on any atom is 0.293 e. The first-order valence-electron chi connectivity index (χ1n) is 8.30. The summed E-state index contributed by atoms with van der Waals surface area (Å²) in [4.78, 5) is 38.0. The second-order valence-electron chi connectivity index (χ2n) is 6.01. The van der Waals surface area contributed by atoms with Crippen LogP contribution in [0.4, 0.5) is 9.18 Å². The first-order valence-corrected chi connectivity index (χ1v) is 9.11. The van der Waals surface area contributed by atoms with Crippen molar-refractivity contribution >= 4 is 34.9 Å². The van der Waals surface area contributed by atoms with Crippen LogP contribution in [-0.2, 0) is 4.79 Å². The van der Waals surface area contributed by atoms with Gasteiger partial charge in [-0.1, -0.05) is 35.9 Å². The molecule has 0 radical (unpaired) electrons. The molecule has 0 aromatic heterocycles. The second-order valence-corrected chi connectivity index (χ2v) is 7.00. The lowest BCUT2D eigenvalue weighted by Crippen LogP contribution is -2.37. The first kappa shape index (κ1) is 18.8. The maximum atomic E-state index is 13.2. The summed E-state index contributed by atoms with van der Waals surface area (Å²) >= 11 is 0.874. The van der Waals surface area contributed by atoms with Gasteiger partial charge >= 0.3 is 0 Å². The Morgan fingerprint density at radius 3 is 2.63 bits per heavy atom. The molecule has 2 aromatic carbocycles. The first-order chi connectivity index (χ1) is 12.9. The lowest BCUT2D eigenvalue weighted by molar-refractivity contribution is -0.122. The average Bonchev–Trinajstić information content (AvgIpc) is 2.91. The smallest absolute Gasteiger partial charge is 0.293 e. The fraction of sp³-hybridized carbons (Fsp3) is 0.150. The predicted octanol–water partition coefficient (Wildman–Crippen LogP) is 3.60. The Hall–Kier alpha value is -2.93. The highest BCUT2D eigenvalue weighted by Gasteiger charge is 2.34. The Bertz CT molecular complexity index is 925. The molecular weight excluding hydrogens is 367 g/mol. The van der Waals surface area contributed by atoms with Crippen LogP contribution < -0.4 is 5.32 Å². The van der Waals surface area contributed by atoms with Crippen LogP contribution in [0.25, 0.3) is 6.08 Å². The predicted molar refractivity (Wildman–Crippen MR) is 103 cm³/mol. The van der Waals surface area contributed by atoms with E-state index in [2.05, 4.69) is 5.32 Å². The third-order valence-corrected chi connectivity index (χ3v) is 4.86. The van der Waals surface area contributed by atoms with Crippen molar-refractivity contribution in [2.45, 2.75) is 6.92 Å². The van der Waals surface area contributed by atoms with Crippen molar-refractivity contribution in [2.24, 2.45) is 0 Å². The molecule has 1 heterocycles. The monoisotopic (exact) mass is 384 g/mol. The average molecular weight is 384 g/mol. The van der Waals surface area contributed by atoms with Gasteiger partial charge in [0.1, 0.15) is 5.82 Å². The van der Waals surface area contributed by atoms with E-state index in [9.17, 15) is 18.8 Å². The van der Waals surface area contributed by atoms with E-state index in [4.69, 9.17) is 0 Å². The number of amides is 3. The second kappa shape index (κ2) is 8.18. The number of hydrogen-bond acceptors (Lipinski definition) is 4. The van der Waals surface area contributed by atoms with Crippen LogP contribution in [0.2, 0.25) is 0 Å². The van der Waals surface area contributed by atoms with Crippen LogP contribution in [0.3, 0.4) is 0 Å². The molecule has 1 fully saturated rings. The van der Waals surface area contributed by atoms with E-state index in [1.165, 1.54) is 18.2 Å². The van der Waals surface area contributed by atoms with Gasteiger partial charge in [0, 0.05) is 18.7 Å². The molecule has 27 heavy (non-hydrogen) atoms. The number of halogens is 1. The van der Waals surface area contributed by atoms with Crippen molar-refractivity contribution in [1.29, 1.82) is 0 Å². The van der Waals surface area contributed by atoms with Crippen LogP contribution in [0.1, 0.15) is 21.5 Å². The minimum Gasteiger partial charge on any atom is -0.350 e. The molecule has 5 nitrogen and oxygen atoms in total. The molecule has 3 amide bonds. The van der Waals surface area contributed by atoms with Gasteiger partial charge in [0.05, 0.1) is 4.91 Å². The Balaban J connectivity index is 1.59. The molecule has 3 rings (SSSR count). The number of hydrogen-bond donors (Lipinski definition) is 1. The number of nitrogens with one attached hydrogen (secondary N) is 1. The largest absolute Gasteiger partial charge is 0.350 e. The highest BCUT2D eigenvalue weighted by atomic mass is 32.2. The Morgan fingerprint density at radius 1 is 1.19 bits per heavy atom. The minimum atomic E-state index is -0.505. The molecule has 2 aromatic rings. The van der Waals surface area contributed by atoms with E-state index in [1.54, 1.807) is 6.08 Å². The third-order valence-electron chi connectivity index (χ3n) is 3.96. The van der Waals surface area contributed by atoms with Gasteiger partial charge in [-0.15, -0.1) is 0 Å². The van der Waals surface area contributed by atoms with Crippen molar-refractivity contribution in [3.05, 3.63) is 75.9 Å². The van der Waals surface area contributed by atoms with Gasteiger partial charge in [-0.2, -0.15) is 0 Å². The zero-order chi connectivity index (χ0) is 19.4. The number of carbonyl (C=O) groups excluding carboxylic acids is 3. The molecule has 1 saturated heterocycles. The van der Waals surface area contributed by atoms with Crippen molar-refractivity contribution in [2.75, 3.05) is 13.1 Å². The Morgan fingerprint density at radius 2 is 1.93 bits per heavy atom. The van der Waals surface area contributed by atoms with E-state index in [0.717, 1.165) is 33.9 Å². The number of benzene rings is 2. The van der Waals surface area contributed by atoms with E-state index in [0.29, 0.717) is 4.91 Å². The molecule has 138 valence electrons. The Kier molecular flexibility index (Phi) is 5.71. The van der Waals surface area contributed by atoms with Gasteiger partial charge in [-0.3, -0.25) is 19.3 Å². The van der Waals surface area contributed by atoms with E-state index in [-0.39, 0.29) is 29.8 Å². The molecule has 0 aliphatic carbocycles. The molecule has 1 aliphatic heterocycles. The molecule has 0 unspecified atom stereocenters. The summed E-state index contributed by atoms with van der Waals surface area (Å²) in [5, 5.41) is 2.21. The van der Waals surface area contributed by atoms with Gasteiger partial charge in [0.25, 0.3) is 17.1 Å². The van der Waals surface area contributed by atoms with Gasteiger partial charge in [-0.25, -0.2) is 4.39 Å². The highest BCUT2D eigenvalue weighted by molar-refractivity contribution is 8.18. The summed E-state index contributed by atoms with van der Waals surface area (Å²) in [5.74, 6) is -1.35. The number of carbonyl (C=O) groups is 3. The number of imide groups is 1. The lowest BCUT2D eigenvalue weighted by Gasteiger charge is -2.13. The summed E-state index contributed by atoms with van der Waals surface area (Å²) in [7, 11) is 0. The summed E-state index contributed by atoms with van der Waals surface area (Å²) in [6.45, 7) is 2.11. The van der Waals surface area contributed by atoms with Gasteiger partial charge in [-0.05, 0) is 48.5 Å². The van der Waals surface area contributed by atoms with Crippen LogP contribution in [0.5, 0.6) is 0 Å². The van der Waals surface area contributed by atoms with E-state index in [1.807, 2.05) is 31.2 Å². The van der Waals surface area contributed by atoms with Crippen molar-refractivity contribution in [3.63, 3.8) is 0 Å². The third kappa shape index (κ3) is 4.62. The zero-order valence-corrected chi connectivity index (χ0v) is 15.4. The van der Waals surface area contributed by atoms with Crippen LogP contribution in [-0.4, -0.2) is 35.0 Å². The van der Waals surface area contributed by atoms with Gasteiger partial charge in [0.15, 0.2) is 0 Å². The number of nitrogens with zero attached hydrogens (tertiary/aromatic N) is 1. The highest BCUT2D eigenvalue weighted by Crippen LogP contribution is 2.31. The molecule has 1 N–H and O–H groups in total. The number of rotatable bonds is 5. The molecule has 7 heteroatoms. The van der Waals surface area contributed by atoms with Gasteiger partial charge < -0.3 is 5.32 Å². The number of aryl methyl sites for hydroxylation is 1. The molecule has 0 bridgehead atoms. The minimum absolute atomic E-state index is 0.0525. The van der Waals surface area contributed by atoms with Crippen molar-refractivity contribution < 1.29 is 18.8 Å². The van der Waals surface area contributed by atoms with E-state index < -0.39 is 11.7 Å². The number of thioether (sulfide) groups is 1. The van der Waals surface area contributed by atoms with Crippen LogP contribution in [0.15, 0.2) is 53.4 Å². The molecule has 1 aliphatic rings. The quantitative estimate of drug-likeness (QED) is 0.800. The van der Waals surface area contributed by atoms with Crippen LogP contribution >= 0.6 is 11.8 Å². The molecular formula is C20H17FN2O3S. The standard InChI is InChI=1S/C20H17FN2O3S/c1-13-5-7-14(8-6-13)11-17-19(25)23(20(26)27-17)10-9-22-18(24)15-3-2-4-16(21)12-15/h2-8,11-12H,9-10H2,1H3,(H,22,24)/b17-11-. The molecule has 0 saturated carbocycles. The Labute approximate surface area is 160 Å². The normalized spacial score (nSPS) is 15.5. The van der Waals surface area contributed by atoms with E-state index >= 15 is 0 Å². The fourth-order valence-corrected chi connectivity index (χ4v) is 3.38. The molecule has 0 spiro atoms. The summed E-state index contributed by atoms with van der Waals surface area (Å²) in [6, 6.07) is 12.9. The van der Waals surface area contributed by atoms with Crippen molar-refractivity contribution in [1.82, 2.24) is 10.2 Å². The van der Waals surface area contributed by atoms with Crippen LogP contribution in [0, 0.1) is 12.7 Å². The molecule has 0 atom stereocenters. The summed E-state index contributed by atoms with van der Waals surface area (Å²) in [6.07, 6.45) is 1.68. The van der Waals surface area contributed by atoms with Crippen molar-refractivity contribution in [3.8, 4) is 0 Å². The zero-order valence-electron chi connectivity index (χ0n) is 14.6. The topological polar surface area (TPSA) is 66.5 Å². The summed E-state index contributed by atoms with van der Waals surface area (Å²) < 4.78 is 13.2. The lowest BCUT2D eigenvalue weighted by atomic mass is 10.1.